The van der Waals surface area contributed by atoms with Crippen molar-refractivity contribution in [1.82, 2.24) is 19.7 Å². The minimum Gasteiger partial charge on any atom is -0.423 e. The van der Waals surface area contributed by atoms with Gasteiger partial charge in [-0.2, -0.15) is 0 Å². The van der Waals surface area contributed by atoms with Crippen LogP contribution in [0.2, 0.25) is 0 Å². The molecule has 0 amide bonds. The largest absolute Gasteiger partial charge is 0.423 e. The van der Waals surface area contributed by atoms with Crippen molar-refractivity contribution in [1.29, 1.82) is 0 Å². The fraction of sp³-hybridized carbons (Fsp3) is 0.267. The second-order valence-electron chi connectivity index (χ2n) is 5.06. The molecule has 0 saturated heterocycles. The van der Waals surface area contributed by atoms with Crippen LogP contribution in [0.3, 0.4) is 0 Å². The maximum atomic E-state index is 5.21. The summed E-state index contributed by atoms with van der Waals surface area (Å²) in [6, 6.07) is 8.30. The third-order valence-corrected chi connectivity index (χ3v) is 3.25. The van der Waals surface area contributed by atoms with Gasteiger partial charge < -0.3 is 14.3 Å². The first-order valence-corrected chi connectivity index (χ1v) is 6.85. The number of nitrogens with one attached hydrogen (secondary N) is 1. The van der Waals surface area contributed by atoms with E-state index in [0.717, 1.165) is 16.9 Å². The average Bonchev–Trinajstić information content (AvgIpc) is 3.16. The van der Waals surface area contributed by atoms with E-state index in [9.17, 15) is 0 Å². The Morgan fingerprint density at radius 1 is 1.33 bits per heavy atom. The number of hydrogen-bond donors (Lipinski definition) is 1. The molecule has 21 heavy (non-hydrogen) atoms. The maximum Gasteiger partial charge on any atom is 0.247 e. The number of anilines is 1. The zero-order chi connectivity index (χ0) is 14.7. The molecule has 0 radical (unpaired) electrons. The van der Waals surface area contributed by atoms with Crippen molar-refractivity contribution in [3.8, 4) is 11.5 Å². The Hall–Kier alpha value is -2.63. The van der Waals surface area contributed by atoms with Gasteiger partial charge >= 0.3 is 0 Å². The summed E-state index contributed by atoms with van der Waals surface area (Å²) >= 11 is 0. The van der Waals surface area contributed by atoms with E-state index in [0.29, 0.717) is 18.5 Å². The highest BCUT2D eigenvalue weighted by Gasteiger charge is 2.07. The van der Waals surface area contributed by atoms with Crippen LogP contribution in [-0.2, 0) is 6.54 Å². The van der Waals surface area contributed by atoms with Crippen LogP contribution in [-0.4, -0.2) is 19.7 Å². The summed E-state index contributed by atoms with van der Waals surface area (Å²) < 4.78 is 7.36. The molecule has 0 aliphatic rings. The summed E-state index contributed by atoms with van der Waals surface area (Å²) in [7, 11) is 0. The standard InChI is InChI=1S/C15H17N5O/c1-11(2)20-9-16-7-14(20)8-17-13-5-3-4-12(6-13)15-19-18-10-21-15/h3-7,9-11,17H,8H2,1-2H3. The van der Waals surface area contributed by atoms with Crippen molar-refractivity contribution < 1.29 is 4.42 Å². The summed E-state index contributed by atoms with van der Waals surface area (Å²) in [4.78, 5) is 4.20. The van der Waals surface area contributed by atoms with Crippen molar-refractivity contribution >= 4 is 5.69 Å². The molecule has 1 aromatic carbocycles. The molecule has 0 bridgehead atoms. The van der Waals surface area contributed by atoms with Crippen LogP contribution < -0.4 is 5.32 Å². The number of hydrogen-bond acceptors (Lipinski definition) is 5. The zero-order valence-electron chi connectivity index (χ0n) is 12.0. The third kappa shape index (κ3) is 2.94. The molecule has 6 heteroatoms. The van der Waals surface area contributed by atoms with Crippen molar-refractivity contribution in [2.75, 3.05) is 5.32 Å². The molecular weight excluding hydrogens is 266 g/mol. The van der Waals surface area contributed by atoms with Gasteiger partial charge in [-0.1, -0.05) is 6.07 Å². The van der Waals surface area contributed by atoms with Crippen LogP contribution in [0.4, 0.5) is 5.69 Å². The molecule has 0 unspecified atom stereocenters. The van der Waals surface area contributed by atoms with Gasteiger partial charge in [0.25, 0.3) is 0 Å². The number of rotatable bonds is 5. The van der Waals surface area contributed by atoms with Gasteiger partial charge in [0, 0.05) is 23.5 Å². The minimum absolute atomic E-state index is 0.397. The summed E-state index contributed by atoms with van der Waals surface area (Å²) in [5.41, 5.74) is 3.05. The SMILES string of the molecule is CC(C)n1cncc1CNc1cccc(-c2nnco2)c1. The van der Waals surface area contributed by atoms with Crippen LogP contribution in [0.25, 0.3) is 11.5 Å². The summed E-state index contributed by atoms with van der Waals surface area (Å²) in [6.45, 7) is 4.99. The van der Waals surface area contributed by atoms with E-state index in [2.05, 4.69) is 38.9 Å². The Bertz CT molecular complexity index is 702. The average molecular weight is 283 g/mol. The first kappa shape index (κ1) is 13.4. The molecular formula is C15H17N5O. The van der Waals surface area contributed by atoms with Crippen LogP contribution >= 0.6 is 0 Å². The second-order valence-corrected chi connectivity index (χ2v) is 5.06. The minimum atomic E-state index is 0.397. The Labute approximate surface area is 122 Å². The Morgan fingerprint density at radius 2 is 2.24 bits per heavy atom. The Kier molecular flexibility index (Phi) is 3.68. The number of aromatic nitrogens is 4. The molecule has 108 valence electrons. The molecule has 2 aromatic heterocycles. The molecule has 0 spiro atoms. The van der Waals surface area contributed by atoms with Gasteiger partial charge in [0.2, 0.25) is 12.3 Å². The van der Waals surface area contributed by atoms with Crippen molar-refractivity contribution in [2.24, 2.45) is 0 Å². The molecule has 0 aliphatic carbocycles. The molecule has 2 heterocycles. The normalized spacial score (nSPS) is 11.0. The van der Waals surface area contributed by atoms with Gasteiger partial charge in [0.1, 0.15) is 0 Å². The summed E-state index contributed by atoms with van der Waals surface area (Å²) in [5, 5.41) is 11.0. The molecule has 3 aromatic rings. The highest BCUT2D eigenvalue weighted by molar-refractivity contribution is 5.60. The summed E-state index contributed by atoms with van der Waals surface area (Å²) in [6.07, 6.45) is 5.07. The van der Waals surface area contributed by atoms with Gasteiger partial charge in [-0.3, -0.25) is 0 Å². The predicted molar refractivity (Wildman–Crippen MR) is 79.7 cm³/mol. The van der Waals surface area contributed by atoms with E-state index in [4.69, 9.17) is 4.42 Å². The van der Waals surface area contributed by atoms with Crippen molar-refractivity contribution in [3.63, 3.8) is 0 Å². The van der Waals surface area contributed by atoms with Crippen LogP contribution in [0.5, 0.6) is 0 Å². The lowest BCUT2D eigenvalue weighted by Gasteiger charge is -2.13. The molecule has 3 rings (SSSR count). The monoisotopic (exact) mass is 283 g/mol. The van der Waals surface area contributed by atoms with E-state index in [1.54, 1.807) is 0 Å². The van der Waals surface area contributed by atoms with E-state index in [-0.39, 0.29) is 0 Å². The number of benzene rings is 1. The van der Waals surface area contributed by atoms with E-state index < -0.39 is 0 Å². The molecule has 0 atom stereocenters. The lowest BCUT2D eigenvalue weighted by atomic mass is 10.2. The van der Waals surface area contributed by atoms with Crippen LogP contribution in [0.15, 0.2) is 47.6 Å². The second kappa shape index (κ2) is 5.78. The highest BCUT2D eigenvalue weighted by Crippen LogP contribution is 2.21. The molecule has 1 N–H and O–H groups in total. The van der Waals surface area contributed by atoms with E-state index in [1.807, 2.05) is 36.8 Å². The van der Waals surface area contributed by atoms with Gasteiger partial charge in [-0.15, -0.1) is 10.2 Å². The number of imidazole rings is 1. The lowest BCUT2D eigenvalue weighted by molar-refractivity contribution is 0.568. The molecule has 0 saturated carbocycles. The van der Waals surface area contributed by atoms with Gasteiger partial charge in [0.05, 0.1) is 18.6 Å². The third-order valence-electron chi connectivity index (χ3n) is 3.25. The fourth-order valence-corrected chi connectivity index (χ4v) is 2.19. The Balaban J connectivity index is 1.74. The Morgan fingerprint density at radius 3 is 3.00 bits per heavy atom. The van der Waals surface area contributed by atoms with Crippen LogP contribution in [0, 0.1) is 0 Å². The maximum absolute atomic E-state index is 5.21. The van der Waals surface area contributed by atoms with E-state index >= 15 is 0 Å². The smallest absolute Gasteiger partial charge is 0.247 e. The summed E-state index contributed by atoms with van der Waals surface area (Å²) in [5.74, 6) is 0.519. The van der Waals surface area contributed by atoms with Gasteiger partial charge in [-0.25, -0.2) is 4.98 Å². The molecule has 0 fully saturated rings. The lowest BCUT2D eigenvalue weighted by Crippen LogP contribution is -2.08. The highest BCUT2D eigenvalue weighted by atomic mass is 16.4. The quantitative estimate of drug-likeness (QED) is 0.779. The van der Waals surface area contributed by atoms with E-state index in [1.165, 1.54) is 6.39 Å². The van der Waals surface area contributed by atoms with Gasteiger partial charge in [0.15, 0.2) is 0 Å². The van der Waals surface area contributed by atoms with Crippen LogP contribution in [0.1, 0.15) is 25.6 Å². The molecule has 0 aliphatic heterocycles. The van der Waals surface area contributed by atoms with Crippen molar-refractivity contribution in [2.45, 2.75) is 26.4 Å². The van der Waals surface area contributed by atoms with Crippen molar-refractivity contribution in [3.05, 3.63) is 48.9 Å². The predicted octanol–water partition coefficient (Wildman–Crippen LogP) is 3.13. The first-order chi connectivity index (χ1) is 10.2. The van der Waals surface area contributed by atoms with Gasteiger partial charge in [-0.05, 0) is 32.0 Å². The first-order valence-electron chi connectivity index (χ1n) is 6.85. The zero-order valence-corrected chi connectivity index (χ0v) is 12.0. The molecule has 6 nitrogen and oxygen atoms in total. The number of nitrogens with zero attached hydrogens (tertiary/aromatic N) is 4. The fourth-order valence-electron chi connectivity index (χ4n) is 2.19. The topological polar surface area (TPSA) is 68.8 Å².